The first kappa shape index (κ1) is 25.6. The Hall–Kier alpha value is -3.43. The van der Waals surface area contributed by atoms with Crippen LogP contribution in [-0.4, -0.2) is 55.0 Å². The number of esters is 2. The van der Waals surface area contributed by atoms with Crippen LogP contribution in [0.1, 0.15) is 32.8 Å². The number of carbonyl (C=O) groups is 5. The van der Waals surface area contributed by atoms with Crippen molar-refractivity contribution in [1.82, 2.24) is 10.6 Å². The Balaban J connectivity index is 3.11. The van der Waals surface area contributed by atoms with E-state index in [2.05, 4.69) is 10.6 Å². The number of carbonyl (C=O) groups excluding carboxylic acids is 5. The fraction of sp³-hybridized carbons (Fsp3) is 0.476. The third-order valence-electron chi connectivity index (χ3n) is 4.26. The second-order valence-electron chi connectivity index (χ2n) is 6.70. The average molecular weight is 435 g/mol. The maximum atomic E-state index is 12.9. The number of hydrogen-bond donors (Lipinski definition) is 3. The SMILES string of the molecule is CCOC(=O)C[C@@H](C(=O)OCC)[C@@H](NC(=O)[C@H](Cc1ccccc1)NC(C)=O)C(N)=O. The van der Waals surface area contributed by atoms with E-state index in [-0.39, 0.29) is 19.6 Å². The average Bonchev–Trinajstić information content (AvgIpc) is 2.70. The normalized spacial score (nSPS) is 13.3. The predicted octanol–water partition coefficient (Wildman–Crippen LogP) is -0.164. The number of amides is 3. The molecule has 0 aliphatic heterocycles. The van der Waals surface area contributed by atoms with Crippen molar-refractivity contribution in [2.75, 3.05) is 13.2 Å². The minimum atomic E-state index is -1.54. The summed E-state index contributed by atoms with van der Waals surface area (Å²) < 4.78 is 9.79. The molecule has 10 nitrogen and oxygen atoms in total. The summed E-state index contributed by atoms with van der Waals surface area (Å²) in [4.78, 5) is 60.9. The molecule has 1 rings (SSSR count). The van der Waals surface area contributed by atoms with Crippen molar-refractivity contribution in [2.24, 2.45) is 11.7 Å². The Morgan fingerprint density at radius 3 is 2.10 bits per heavy atom. The second-order valence-corrected chi connectivity index (χ2v) is 6.70. The largest absolute Gasteiger partial charge is 0.466 e. The number of rotatable bonds is 12. The highest BCUT2D eigenvalue weighted by molar-refractivity contribution is 5.95. The molecule has 1 aromatic rings. The molecule has 0 heterocycles. The summed E-state index contributed by atoms with van der Waals surface area (Å²) in [5, 5.41) is 4.91. The van der Waals surface area contributed by atoms with Gasteiger partial charge in [0.1, 0.15) is 12.1 Å². The van der Waals surface area contributed by atoms with Crippen molar-refractivity contribution in [2.45, 2.75) is 45.7 Å². The zero-order chi connectivity index (χ0) is 23.4. The summed E-state index contributed by atoms with van der Waals surface area (Å²) >= 11 is 0. The van der Waals surface area contributed by atoms with Crippen molar-refractivity contribution >= 4 is 29.7 Å². The molecule has 0 fully saturated rings. The molecule has 4 N–H and O–H groups in total. The highest BCUT2D eigenvalue weighted by atomic mass is 16.5. The van der Waals surface area contributed by atoms with E-state index in [0.29, 0.717) is 0 Å². The highest BCUT2D eigenvalue weighted by Gasteiger charge is 2.38. The van der Waals surface area contributed by atoms with Gasteiger partial charge in [0.2, 0.25) is 17.7 Å². The van der Waals surface area contributed by atoms with Crippen LogP contribution in [-0.2, 0) is 39.9 Å². The van der Waals surface area contributed by atoms with Gasteiger partial charge >= 0.3 is 11.9 Å². The van der Waals surface area contributed by atoms with E-state index in [0.717, 1.165) is 5.56 Å². The standard InChI is InChI=1S/C21H29N3O7/c1-4-30-17(26)12-15(21(29)31-5-2)18(19(22)27)24-20(28)16(23-13(3)25)11-14-9-7-6-8-10-14/h6-10,15-16,18H,4-5,11-12H2,1-3H3,(H2,22,27)(H,23,25)(H,24,28)/t15-,16+,18-/m1/s1. The smallest absolute Gasteiger partial charge is 0.312 e. The van der Waals surface area contributed by atoms with E-state index in [9.17, 15) is 24.0 Å². The van der Waals surface area contributed by atoms with Crippen molar-refractivity contribution < 1.29 is 33.4 Å². The molecule has 31 heavy (non-hydrogen) atoms. The molecule has 0 saturated heterocycles. The zero-order valence-corrected chi connectivity index (χ0v) is 17.9. The van der Waals surface area contributed by atoms with Gasteiger partial charge in [-0.2, -0.15) is 0 Å². The van der Waals surface area contributed by atoms with Gasteiger partial charge in [-0.05, 0) is 19.4 Å². The van der Waals surface area contributed by atoms with Gasteiger partial charge in [0.05, 0.1) is 25.6 Å². The lowest BCUT2D eigenvalue weighted by atomic mass is 9.94. The number of ether oxygens (including phenoxy) is 2. The quantitative estimate of drug-likeness (QED) is 0.385. The molecule has 3 atom stereocenters. The molecule has 0 spiro atoms. The predicted molar refractivity (Wildman–Crippen MR) is 110 cm³/mol. The van der Waals surface area contributed by atoms with E-state index >= 15 is 0 Å². The summed E-state index contributed by atoms with van der Waals surface area (Å²) in [7, 11) is 0. The first-order chi connectivity index (χ1) is 14.7. The van der Waals surface area contributed by atoms with Crippen LogP contribution < -0.4 is 16.4 Å². The molecule has 0 unspecified atom stereocenters. The van der Waals surface area contributed by atoms with Gasteiger partial charge < -0.3 is 25.8 Å². The van der Waals surface area contributed by atoms with Crippen LogP contribution in [0, 0.1) is 5.92 Å². The number of hydrogen-bond acceptors (Lipinski definition) is 7. The second kappa shape index (κ2) is 13.0. The number of nitrogens with two attached hydrogens (primary N) is 1. The van der Waals surface area contributed by atoms with E-state index < -0.39 is 54.1 Å². The van der Waals surface area contributed by atoms with Crippen LogP contribution in [0.25, 0.3) is 0 Å². The summed E-state index contributed by atoms with van der Waals surface area (Å²) in [5.41, 5.74) is 6.19. The van der Waals surface area contributed by atoms with Crippen LogP contribution in [0.4, 0.5) is 0 Å². The Kier molecular flexibility index (Phi) is 10.7. The minimum absolute atomic E-state index is 0.000110. The summed E-state index contributed by atoms with van der Waals surface area (Å²) in [6.07, 6.45) is -0.371. The van der Waals surface area contributed by atoms with Crippen LogP contribution in [0.3, 0.4) is 0 Å². The lowest BCUT2D eigenvalue weighted by molar-refractivity contribution is -0.157. The summed E-state index contributed by atoms with van der Waals surface area (Å²) in [6.45, 7) is 4.47. The van der Waals surface area contributed by atoms with Gasteiger partial charge in [0.15, 0.2) is 0 Å². The molecule has 1 aromatic carbocycles. The molecule has 170 valence electrons. The fourth-order valence-electron chi connectivity index (χ4n) is 2.91. The number of benzene rings is 1. The van der Waals surface area contributed by atoms with Gasteiger partial charge in [-0.1, -0.05) is 30.3 Å². The van der Waals surface area contributed by atoms with Gasteiger partial charge in [0, 0.05) is 13.3 Å². The molecule has 0 bridgehead atoms. The maximum Gasteiger partial charge on any atom is 0.312 e. The maximum absolute atomic E-state index is 12.9. The monoisotopic (exact) mass is 435 g/mol. The third kappa shape index (κ3) is 8.85. The molecule has 10 heteroatoms. The lowest BCUT2D eigenvalue weighted by Gasteiger charge is -2.26. The van der Waals surface area contributed by atoms with E-state index in [1.807, 2.05) is 0 Å². The number of primary amides is 1. The first-order valence-electron chi connectivity index (χ1n) is 9.92. The first-order valence-corrected chi connectivity index (χ1v) is 9.92. The molecule has 0 radical (unpaired) electrons. The highest BCUT2D eigenvalue weighted by Crippen LogP contribution is 2.14. The molecular formula is C21H29N3O7. The zero-order valence-electron chi connectivity index (χ0n) is 17.9. The van der Waals surface area contributed by atoms with E-state index in [1.165, 1.54) is 6.92 Å². The Bertz CT molecular complexity index is 782. The van der Waals surface area contributed by atoms with Crippen LogP contribution in [0.15, 0.2) is 30.3 Å². The van der Waals surface area contributed by atoms with Crippen molar-refractivity contribution in [3.8, 4) is 0 Å². The van der Waals surface area contributed by atoms with Gasteiger partial charge in [0.25, 0.3) is 0 Å². The van der Waals surface area contributed by atoms with Crippen molar-refractivity contribution in [1.29, 1.82) is 0 Å². The van der Waals surface area contributed by atoms with E-state index in [1.54, 1.807) is 44.2 Å². The van der Waals surface area contributed by atoms with Gasteiger partial charge in [-0.3, -0.25) is 24.0 Å². The summed E-state index contributed by atoms with van der Waals surface area (Å²) in [6, 6.07) is 6.33. The Morgan fingerprint density at radius 2 is 1.58 bits per heavy atom. The topological polar surface area (TPSA) is 154 Å². The third-order valence-corrected chi connectivity index (χ3v) is 4.26. The van der Waals surface area contributed by atoms with Crippen molar-refractivity contribution in [3.05, 3.63) is 35.9 Å². The number of nitrogens with one attached hydrogen (secondary N) is 2. The Labute approximate surface area is 180 Å². The molecule has 0 saturated carbocycles. The van der Waals surface area contributed by atoms with Gasteiger partial charge in [-0.15, -0.1) is 0 Å². The van der Waals surface area contributed by atoms with Crippen LogP contribution >= 0.6 is 0 Å². The molecule has 3 amide bonds. The summed E-state index contributed by atoms with van der Waals surface area (Å²) in [5.74, 6) is -5.23. The van der Waals surface area contributed by atoms with E-state index in [4.69, 9.17) is 15.2 Å². The van der Waals surface area contributed by atoms with Gasteiger partial charge in [-0.25, -0.2) is 0 Å². The minimum Gasteiger partial charge on any atom is -0.466 e. The Morgan fingerprint density at radius 1 is 0.968 bits per heavy atom. The van der Waals surface area contributed by atoms with Crippen molar-refractivity contribution in [3.63, 3.8) is 0 Å². The van der Waals surface area contributed by atoms with Crippen LogP contribution in [0.5, 0.6) is 0 Å². The van der Waals surface area contributed by atoms with Crippen LogP contribution in [0.2, 0.25) is 0 Å². The molecule has 0 aliphatic carbocycles. The molecule has 0 aliphatic rings. The lowest BCUT2D eigenvalue weighted by Crippen LogP contribution is -2.57. The fourth-order valence-corrected chi connectivity index (χ4v) is 2.91. The molecular weight excluding hydrogens is 406 g/mol. The molecule has 0 aromatic heterocycles.